The van der Waals surface area contributed by atoms with E-state index in [1.165, 1.54) is 6.08 Å². The van der Waals surface area contributed by atoms with Gasteiger partial charge in [0.15, 0.2) is 0 Å². The summed E-state index contributed by atoms with van der Waals surface area (Å²) >= 11 is 0. The molecule has 0 bridgehead atoms. The van der Waals surface area contributed by atoms with Crippen LogP contribution in [0.5, 0.6) is 5.75 Å². The molecule has 0 aliphatic rings. The Morgan fingerprint density at radius 1 is 0.923 bits per heavy atom. The Kier molecular flexibility index (Phi) is 5.84. The molecule has 3 aromatic rings. The SMILES string of the molecule is CCOc1ccc(/C=C/C(=O)Nc2ccccc2-c2ccccc2)cc1. The van der Waals surface area contributed by atoms with Gasteiger partial charge in [0.25, 0.3) is 0 Å². The zero-order valence-corrected chi connectivity index (χ0v) is 14.7. The number of anilines is 1. The summed E-state index contributed by atoms with van der Waals surface area (Å²) in [4.78, 5) is 12.3. The van der Waals surface area contributed by atoms with E-state index in [9.17, 15) is 4.79 Å². The van der Waals surface area contributed by atoms with Crippen molar-refractivity contribution < 1.29 is 9.53 Å². The molecule has 0 saturated heterocycles. The molecule has 0 spiro atoms. The quantitative estimate of drug-likeness (QED) is 0.608. The summed E-state index contributed by atoms with van der Waals surface area (Å²) in [7, 11) is 0. The maximum atomic E-state index is 12.3. The molecule has 0 atom stereocenters. The number of carbonyl (C=O) groups excluding carboxylic acids is 1. The number of hydrogen-bond acceptors (Lipinski definition) is 2. The molecule has 1 amide bonds. The molecule has 0 unspecified atom stereocenters. The van der Waals surface area contributed by atoms with Crippen molar-refractivity contribution in [2.75, 3.05) is 11.9 Å². The monoisotopic (exact) mass is 343 g/mol. The number of ether oxygens (including phenoxy) is 1. The highest BCUT2D eigenvalue weighted by atomic mass is 16.5. The van der Waals surface area contributed by atoms with E-state index in [2.05, 4.69) is 5.32 Å². The Balaban J connectivity index is 1.71. The van der Waals surface area contributed by atoms with Gasteiger partial charge in [0.1, 0.15) is 5.75 Å². The first-order chi connectivity index (χ1) is 12.8. The van der Waals surface area contributed by atoms with E-state index in [-0.39, 0.29) is 5.91 Å². The average Bonchev–Trinajstić information content (AvgIpc) is 2.69. The van der Waals surface area contributed by atoms with Crippen LogP contribution in [0.4, 0.5) is 5.69 Å². The zero-order chi connectivity index (χ0) is 18.2. The van der Waals surface area contributed by atoms with Crippen molar-refractivity contribution in [2.24, 2.45) is 0 Å². The molecular weight excluding hydrogens is 322 g/mol. The maximum absolute atomic E-state index is 12.3. The lowest BCUT2D eigenvalue weighted by atomic mass is 10.0. The van der Waals surface area contributed by atoms with Crippen molar-refractivity contribution >= 4 is 17.7 Å². The number of carbonyl (C=O) groups is 1. The van der Waals surface area contributed by atoms with Crippen molar-refractivity contribution in [3.63, 3.8) is 0 Å². The molecule has 0 fully saturated rings. The van der Waals surface area contributed by atoms with Crippen LogP contribution in [0.3, 0.4) is 0 Å². The van der Waals surface area contributed by atoms with Crippen LogP contribution in [-0.4, -0.2) is 12.5 Å². The smallest absolute Gasteiger partial charge is 0.248 e. The minimum Gasteiger partial charge on any atom is -0.494 e. The zero-order valence-electron chi connectivity index (χ0n) is 14.7. The number of amides is 1. The number of nitrogens with one attached hydrogen (secondary N) is 1. The molecule has 130 valence electrons. The van der Waals surface area contributed by atoms with Crippen molar-refractivity contribution in [1.29, 1.82) is 0 Å². The summed E-state index contributed by atoms with van der Waals surface area (Å²) in [6.45, 7) is 2.59. The van der Waals surface area contributed by atoms with Crippen molar-refractivity contribution in [1.82, 2.24) is 0 Å². The van der Waals surface area contributed by atoms with Gasteiger partial charge in [-0.05, 0) is 42.3 Å². The lowest BCUT2D eigenvalue weighted by Crippen LogP contribution is -2.08. The Morgan fingerprint density at radius 3 is 2.35 bits per heavy atom. The third kappa shape index (κ3) is 4.61. The molecule has 0 heterocycles. The largest absolute Gasteiger partial charge is 0.494 e. The van der Waals surface area contributed by atoms with E-state index in [1.807, 2.05) is 85.8 Å². The van der Waals surface area contributed by atoms with Crippen molar-refractivity contribution in [2.45, 2.75) is 6.92 Å². The van der Waals surface area contributed by atoms with E-state index in [4.69, 9.17) is 4.74 Å². The molecule has 0 aliphatic carbocycles. The molecule has 3 rings (SSSR count). The number of benzene rings is 3. The van der Waals surface area contributed by atoms with Gasteiger partial charge in [-0.1, -0.05) is 60.7 Å². The molecule has 0 aliphatic heterocycles. The highest BCUT2D eigenvalue weighted by Crippen LogP contribution is 2.27. The first-order valence-electron chi connectivity index (χ1n) is 8.62. The van der Waals surface area contributed by atoms with Crippen LogP contribution in [0.2, 0.25) is 0 Å². The van der Waals surface area contributed by atoms with Gasteiger partial charge >= 0.3 is 0 Å². The van der Waals surface area contributed by atoms with Gasteiger partial charge in [0, 0.05) is 17.3 Å². The summed E-state index contributed by atoms with van der Waals surface area (Å²) in [6.07, 6.45) is 3.33. The average molecular weight is 343 g/mol. The molecular formula is C23H21NO2. The normalized spacial score (nSPS) is 10.7. The maximum Gasteiger partial charge on any atom is 0.248 e. The minimum atomic E-state index is -0.165. The van der Waals surface area contributed by atoms with Crippen LogP contribution in [0.1, 0.15) is 12.5 Å². The van der Waals surface area contributed by atoms with Crippen LogP contribution < -0.4 is 10.1 Å². The molecule has 3 heteroatoms. The fourth-order valence-corrected chi connectivity index (χ4v) is 2.65. The van der Waals surface area contributed by atoms with E-state index in [0.29, 0.717) is 6.61 Å². The van der Waals surface area contributed by atoms with Crippen LogP contribution in [0, 0.1) is 0 Å². The van der Waals surface area contributed by atoms with Gasteiger partial charge in [-0.25, -0.2) is 0 Å². The Labute approximate surface area is 154 Å². The fourth-order valence-electron chi connectivity index (χ4n) is 2.65. The first kappa shape index (κ1) is 17.5. The van der Waals surface area contributed by atoms with Gasteiger partial charge < -0.3 is 10.1 Å². The number of hydrogen-bond donors (Lipinski definition) is 1. The summed E-state index contributed by atoms with van der Waals surface area (Å²) in [5.41, 5.74) is 3.80. The van der Waals surface area contributed by atoms with E-state index < -0.39 is 0 Å². The Morgan fingerprint density at radius 2 is 1.62 bits per heavy atom. The predicted molar refractivity (Wildman–Crippen MR) is 107 cm³/mol. The molecule has 3 aromatic carbocycles. The van der Waals surface area contributed by atoms with Gasteiger partial charge in [0.05, 0.1) is 6.61 Å². The van der Waals surface area contributed by atoms with Gasteiger partial charge in [-0.2, -0.15) is 0 Å². The number of para-hydroxylation sites is 1. The van der Waals surface area contributed by atoms with Crippen molar-refractivity contribution in [3.8, 4) is 16.9 Å². The fraction of sp³-hybridized carbons (Fsp3) is 0.0870. The van der Waals surface area contributed by atoms with Crippen LogP contribution in [0.15, 0.2) is 84.9 Å². The van der Waals surface area contributed by atoms with Gasteiger partial charge in [-0.15, -0.1) is 0 Å². The lowest BCUT2D eigenvalue weighted by Gasteiger charge is -2.10. The number of rotatable bonds is 6. The van der Waals surface area contributed by atoms with Crippen molar-refractivity contribution in [3.05, 3.63) is 90.5 Å². The summed E-state index contributed by atoms with van der Waals surface area (Å²) in [6, 6.07) is 25.4. The molecule has 3 nitrogen and oxygen atoms in total. The topological polar surface area (TPSA) is 38.3 Å². The minimum absolute atomic E-state index is 0.165. The van der Waals surface area contributed by atoms with E-state index in [0.717, 1.165) is 28.1 Å². The molecule has 0 aromatic heterocycles. The molecule has 1 N–H and O–H groups in total. The lowest BCUT2D eigenvalue weighted by molar-refractivity contribution is -0.111. The third-order valence-corrected chi connectivity index (χ3v) is 3.89. The highest BCUT2D eigenvalue weighted by Gasteiger charge is 2.06. The second-order valence-corrected chi connectivity index (χ2v) is 5.74. The summed E-state index contributed by atoms with van der Waals surface area (Å²) in [5.74, 6) is 0.660. The molecule has 26 heavy (non-hydrogen) atoms. The first-order valence-corrected chi connectivity index (χ1v) is 8.62. The van der Waals surface area contributed by atoms with Crippen LogP contribution in [-0.2, 0) is 4.79 Å². The molecule has 0 saturated carbocycles. The predicted octanol–water partition coefficient (Wildman–Crippen LogP) is 5.40. The second-order valence-electron chi connectivity index (χ2n) is 5.74. The third-order valence-electron chi connectivity index (χ3n) is 3.89. The summed E-state index contributed by atoms with van der Waals surface area (Å²) in [5, 5.41) is 2.96. The van der Waals surface area contributed by atoms with E-state index >= 15 is 0 Å². The van der Waals surface area contributed by atoms with Gasteiger partial charge in [-0.3, -0.25) is 4.79 Å². The summed E-state index contributed by atoms with van der Waals surface area (Å²) < 4.78 is 5.42. The second kappa shape index (κ2) is 8.67. The van der Waals surface area contributed by atoms with Crippen LogP contribution >= 0.6 is 0 Å². The Hall–Kier alpha value is -3.33. The Bertz CT molecular complexity index is 884. The highest BCUT2D eigenvalue weighted by molar-refractivity contribution is 6.04. The van der Waals surface area contributed by atoms with Crippen LogP contribution in [0.25, 0.3) is 17.2 Å². The van der Waals surface area contributed by atoms with E-state index in [1.54, 1.807) is 6.08 Å². The standard InChI is InChI=1S/C23H21NO2/c1-2-26-20-15-12-18(13-16-20)14-17-23(25)24-22-11-7-6-10-21(22)19-8-4-3-5-9-19/h3-17H,2H2,1H3,(H,24,25)/b17-14+. The van der Waals surface area contributed by atoms with Gasteiger partial charge in [0.2, 0.25) is 5.91 Å². The molecule has 0 radical (unpaired) electrons.